The average Bonchev–Trinajstić information content (AvgIpc) is 2.64. The molecule has 1 aliphatic heterocycles. The lowest BCUT2D eigenvalue weighted by Gasteiger charge is -2.15. The van der Waals surface area contributed by atoms with Gasteiger partial charge in [0.05, 0.1) is 5.39 Å². The Morgan fingerprint density at radius 2 is 2.47 bits per heavy atom. The van der Waals surface area contributed by atoms with E-state index in [9.17, 15) is 4.79 Å². The smallest absolute Gasteiger partial charge is 0.317 e. The Balaban J connectivity index is 2.20. The molecule has 6 nitrogen and oxygen atoms in total. The van der Waals surface area contributed by atoms with Crippen LogP contribution in [0.15, 0.2) is 11.4 Å². The summed E-state index contributed by atoms with van der Waals surface area (Å²) in [6, 6.07) is 0. The molecule has 15 heavy (non-hydrogen) atoms. The molecule has 0 aliphatic carbocycles. The number of carboxylic acids is 1. The topological polar surface area (TPSA) is 91.8 Å². The number of thioether (sulfide) groups is 1. The fraction of sp³-hybridized carbons (Fsp3) is 0.250. The highest BCUT2D eigenvalue weighted by atomic mass is 32.2. The summed E-state index contributed by atoms with van der Waals surface area (Å²) in [5.74, 6) is -0.827. The van der Waals surface area contributed by atoms with E-state index in [1.54, 1.807) is 0 Å². The van der Waals surface area contributed by atoms with Crippen molar-refractivity contribution < 1.29 is 9.90 Å². The molecule has 2 aromatic heterocycles. The zero-order valence-electron chi connectivity index (χ0n) is 7.47. The van der Waals surface area contributed by atoms with Crippen molar-refractivity contribution in [3.8, 4) is 0 Å². The van der Waals surface area contributed by atoms with Crippen LogP contribution in [0.2, 0.25) is 0 Å². The number of rotatable bonds is 1. The molecule has 76 valence electrons. The predicted octanol–water partition coefficient (Wildman–Crippen LogP) is 0.454. The van der Waals surface area contributed by atoms with Crippen LogP contribution in [0.3, 0.4) is 0 Å². The summed E-state index contributed by atoms with van der Waals surface area (Å²) in [6.07, 6.45) is 1.84. The van der Waals surface area contributed by atoms with E-state index in [4.69, 9.17) is 5.11 Å². The van der Waals surface area contributed by atoms with E-state index in [1.165, 1.54) is 18.1 Å². The monoisotopic (exact) mass is 222 g/mol. The van der Waals surface area contributed by atoms with E-state index < -0.39 is 11.2 Å². The van der Waals surface area contributed by atoms with Crippen molar-refractivity contribution in [2.45, 2.75) is 16.7 Å². The van der Waals surface area contributed by atoms with Crippen molar-refractivity contribution in [3.05, 3.63) is 12.0 Å². The summed E-state index contributed by atoms with van der Waals surface area (Å²) in [7, 11) is 0. The molecule has 1 aliphatic rings. The molecule has 0 saturated heterocycles. The largest absolute Gasteiger partial charge is 0.480 e. The summed E-state index contributed by atoms with van der Waals surface area (Å²) < 4.78 is 0. The van der Waals surface area contributed by atoms with Crippen molar-refractivity contribution in [1.29, 1.82) is 0 Å². The van der Waals surface area contributed by atoms with Gasteiger partial charge >= 0.3 is 5.97 Å². The second kappa shape index (κ2) is 2.93. The highest BCUT2D eigenvalue weighted by Gasteiger charge is 2.29. The van der Waals surface area contributed by atoms with Gasteiger partial charge in [-0.3, -0.25) is 9.89 Å². The van der Waals surface area contributed by atoms with Crippen LogP contribution in [0.4, 0.5) is 0 Å². The summed E-state index contributed by atoms with van der Waals surface area (Å²) in [4.78, 5) is 19.0. The lowest BCUT2D eigenvalue weighted by atomic mass is 10.2. The summed E-state index contributed by atoms with van der Waals surface area (Å²) in [5, 5.41) is 16.8. The molecular weight excluding hydrogens is 216 g/mol. The van der Waals surface area contributed by atoms with Crippen LogP contribution in [0.5, 0.6) is 0 Å². The average molecular weight is 222 g/mol. The van der Waals surface area contributed by atoms with Gasteiger partial charge in [0.2, 0.25) is 0 Å². The lowest BCUT2D eigenvalue weighted by molar-refractivity contribution is -0.136. The Morgan fingerprint density at radius 3 is 3.27 bits per heavy atom. The highest BCUT2D eigenvalue weighted by molar-refractivity contribution is 8.00. The Labute approximate surface area is 88.1 Å². The van der Waals surface area contributed by atoms with E-state index in [0.717, 1.165) is 11.1 Å². The number of hydrogen-bond acceptors (Lipinski definition) is 5. The van der Waals surface area contributed by atoms with Crippen LogP contribution in [0.25, 0.3) is 11.0 Å². The molecule has 0 radical (unpaired) electrons. The molecule has 3 heterocycles. The maximum atomic E-state index is 10.9. The number of carboxylic acid groups (broad SMARTS) is 1. The van der Waals surface area contributed by atoms with Gasteiger partial charge in [-0.15, -0.1) is 0 Å². The second-order valence-corrected chi connectivity index (χ2v) is 4.42. The van der Waals surface area contributed by atoms with Gasteiger partial charge in [0.15, 0.2) is 5.65 Å². The molecule has 0 saturated carbocycles. The fourth-order valence-corrected chi connectivity index (χ4v) is 2.68. The number of nitrogens with zero attached hydrogens (tertiary/aromatic N) is 3. The molecule has 0 fully saturated rings. The molecule has 3 rings (SSSR count). The molecule has 2 aromatic rings. The van der Waals surface area contributed by atoms with Gasteiger partial charge in [0, 0.05) is 12.1 Å². The summed E-state index contributed by atoms with van der Waals surface area (Å²) >= 11 is 1.25. The zero-order valence-corrected chi connectivity index (χ0v) is 8.28. The molecule has 0 bridgehead atoms. The minimum atomic E-state index is -0.827. The number of aromatic nitrogens is 4. The highest BCUT2D eigenvalue weighted by Crippen LogP contribution is 2.36. The zero-order chi connectivity index (χ0) is 10.4. The number of H-pyrrole nitrogens is 1. The van der Waals surface area contributed by atoms with E-state index in [0.29, 0.717) is 17.1 Å². The van der Waals surface area contributed by atoms with Gasteiger partial charge < -0.3 is 5.11 Å². The third-order valence-corrected chi connectivity index (χ3v) is 3.50. The van der Waals surface area contributed by atoms with Gasteiger partial charge in [-0.2, -0.15) is 5.10 Å². The minimum Gasteiger partial charge on any atom is -0.480 e. The van der Waals surface area contributed by atoms with Crippen molar-refractivity contribution in [1.82, 2.24) is 20.2 Å². The Bertz CT molecular complexity index is 553. The van der Waals surface area contributed by atoms with E-state index >= 15 is 0 Å². The van der Waals surface area contributed by atoms with Crippen LogP contribution >= 0.6 is 11.8 Å². The van der Waals surface area contributed by atoms with E-state index in [1.807, 2.05) is 0 Å². The predicted molar refractivity (Wildman–Crippen MR) is 52.7 cm³/mol. The van der Waals surface area contributed by atoms with Gasteiger partial charge in [-0.1, -0.05) is 11.8 Å². The van der Waals surface area contributed by atoms with Crippen molar-refractivity contribution in [2.75, 3.05) is 0 Å². The van der Waals surface area contributed by atoms with Gasteiger partial charge in [0.1, 0.15) is 16.6 Å². The van der Waals surface area contributed by atoms with Crippen LogP contribution in [0, 0.1) is 0 Å². The van der Waals surface area contributed by atoms with Crippen molar-refractivity contribution in [2.24, 2.45) is 0 Å². The third-order valence-electron chi connectivity index (χ3n) is 2.31. The Hall–Kier alpha value is -1.63. The lowest BCUT2D eigenvalue weighted by Crippen LogP contribution is -2.22. The standard InChI is InChI=1S/C8H6N4O2S/c13-8(14)4-1-3-5-6(12-11-3)9-2-10-7(5)15-4/h2,4H,1H2,(H,13,14)(H,9,10,11,12). The van der Waals surface area contributed by atoms with Crippen LogP contribution in [-0.4, -0.2) is 36.5 Å². The molecule has 0 aromatic carbocycles. The minimum absolute atomic E-state index is 0.441. The quantitative estimate of drug-likeness (QED) is 0.681. The maximum absolute atomic E-state index is 10.9. The number of hydrogen-bond donors (Lipinski definition) is 2. The summed E-state index contributed by atoms with van der Waals surface area (Å²) in [6.45, 7) is 0. The van der Waals surface area contributed by atoms with E-state index in [2.05, 4.69) is 20.2 Å². The van der Waals surface area contributed by atoms with Crippen LogP contribution < -0.4 is 0 Å². The normalized spacial score (nSPS) is 19.3. The first-order chi connectivity index (χ1) is 7.25. The van der Waals surface area contributed by atoms with Crippen molar-refractivity contribution >= 4 is 28.8 Å². The summed E-state index contributed by atoms with van der Waals surface area (Å²) in [5.41, 5.74) is 1.41. The third kappa shape index (κ3) is 1.19. The number of carbonyl (C=O) groups is 1. The SMILES string of the molecule is O=C(O)C1Cc2[nH]nc3ncnc(c23)S1. The molecule has 0 spiro atoms. The Morgan fingerprint density at radius 1 is 1.60 bits per heavy atom. The molecule has 1 atom stereocenters. The van der Waals surface area contributed by atoms with Gasteiger partial charge in [0.25, 0.3) is 0 Å². The number of nitrogens with one attached hydrogen (secondary N) is 1. The molecule has 0 amide bonds. The van der Waals surface area contributed by atoms with Crippen LogP contribution in [0.1, 0.15) is 5.69 Å². The molecule has 2 N–H and O–H groups in total. The van der Waals surface area contributed by atoms with Gasteiger partial charge in [-0.25, -0.2) is 9.97 Å². The Kier molecular flexibility index (Phi) is 1.69. The molecule has 1 unspecified atom stereocenters. The second-order valence-electron chi connectivity index (χ2n) is 3.23. The fourth-order valence-electron chi connectivity index (χ4n) is 1.62. The number of aromatic amines is 1. The first-order valence-corrected chi connectivity index (χ1v) is 5.21. The van der Waals surface area contributed by atoms with E-state index in [-0.39, 0.29) is 0 Å². The first-order valence-electron chi connectivity index (χ1n) is 4.33. The first kappa shape index (κ1) is 8.66. The van der Waals surface area contributed by atoms with Gasteiger partial charge in [-0.05, 0) is 0 Å². The molecule has 7 heteroatoms. The van der Waals surface area contributed by atoms with Crippen LogP contribution in [-0.2, 0) is 11.2 Å². The molecular formula is C8H6N4O2S. The number of aliphatic carboxylic acids is 1. The van der Waals surface area contributed by atoms with Crippen molar-refractivity contribution in [3.63, 3.8) is 0 Å². The maximum Gasteiger partial charge on any atom is 0.317 e.